The molecule has 0 aliphatic rings. The lowest BCUT2D eigenvalue weighted by Gasteiger charge is -2.14. The molecule has 1 atom stereocenters. The highest BCUT2D eigenvalue weighted by molar-refractivity contribution is 5.97. The number of hydrogen-bond acceptors (Lipinski definition) is 5. The summed E-state index contributed by atoms with van der Waals surface area (Å²) in [6, 6.07) is 2.00. The molecule has 0 saturated heterocycles. The molecule has 0 saturated carbocycles. The molecule has 21 heavy (non-hydrogen) atoms. The molecule has 0 aromatic carbocycles. The van der Waals surface area contributed by atoms with Crippen LogP contribution in [0.5, 0.6) is 0 Å². The molecule has 0 unspecified atom stereocenters. The summed E-state index contributed by atoms with van der Waals surface area (Å²) in [5, 5.41) is 11.5. The Balaban J connectivity index is 2.66. The van der Waals surface area contributed by atoms with Crippen molar-refractivity contribution in [2.24, 2.45) is 0 Å². The van der Waals surface area contributed by atoms with Crippen molar-refractivity contribution in [1.29, 1.82) is 0 Å². The average molecular weight is 294 g/mol. The summed E-state index contributed by atoms with van der Waals surface area (Å²) >= 11 is 0. The predicted octanol–water partition coefficient (Wildman–Crippen LogP) is 0.916. The fraction of sp³-hybridized carbons (Fsp3) is 0.429. The van der Waals surface area contributed by atoms with E-state index in [1.807, 2.05) is 0 Å². The number of rotatable bonds is 7. The Bertz CT molecular complexity index is 530. The van der Waals surface area contributed by atoms with Gasteiger partial charge in [0.25, 0.3) is 5.91 Å². The Hall–Kier alpha value is -2.44. The van der Waals surface area contributed by atoms with E-state index in [9.17, 15) is 14.4 Å². The molecule has 0 spiro atoms. The molecular weight excluding hydrogens is 276 g/mol. The molecule has 0 aliphatic heterocycles. The molecule has 0 bridgehead atoms. The Morgan fingerprint density at radius 3 is 2.71 bits per heavy atom. The lowest BCUT2D eigenvalue weighted by molar-refractivity contribution is -0.144. The fourth-order valence-electron chi connectivity index (χ4n) is 1.71. The number of pyridine rings is 1. The number of esters is 1. The minimum absolute atomic E-state index is 0.0286. The molecular formula is C14H18N2O5. The number of carboxylic acid groups (broad SMARTS) is 1. The molecule has 7 nitrogen and oxygen atoms in total. The van der Waals surface area contributed by atoms with Gasteiger partial charge < -0.3 is 15.2 Å². The van der Waals surface area contributed by atoms with E-state index in [1.54, 1.807) is 32.2 Å². The number of nitrogens with zero attached hydrogens (tertiary/aromatic N) is 1. The smallest absolute Gasteiger partial charge is 0.326 e. The van der Waals surface area contributed by atoms with Crippen molar-refractivity contribution in [3.8, 4) is 0 Å². The van der Waals surface area contributed by atoms with Gasteiger partial charge in [-0.3, -0.25) is 14.6 Å². The maximum Gasteiger partial charge on any atom is 0.326 e. The van der Waals surface area contributed by atoms with E-state index in [-0.39, 0.29) is 19.4 Å². The van der Waals surface area contributed by atoms with E-state index >= 15 is 0 Å². The first-order chi connectivity index (χ1) is 9.95. The Morgan fingerprint density at radius 1 is 1.43 bits per heavy atom. The minimum atomic E-state index is -1.20. The number of carbonyl (C=O) groups excluding carboxylic acids is 2. The van der Waals surface area contributed by atoms with Gasteiger partial charge in [0.05, 0.1) is 12.2 Å². The summed E-state index contributed by atoms with van der Waals surface area (Å²) in [7, 11) is 0. The van der Waals surface area contributed by atoms with E-state index in [2.05, 4.69) is 10.3 Å². The van der Waals surface area contributed by atoms with E-state index < -0.39 is 23.9 Å². The molecule has 1 aromatic rings. The van der Waals surface area contributed by atoms with Crippen LogP contribution >= 0.6 is 0 Å². The molecule has 0 aliphatic carbocycles. The van der Waals surface area contributed by atoms with Crippen molar-refractivity contribution in [2.75, 3.05) is 6.61 Å². The van der Waals surface area contributed by atoms with Gasteiger partial charge in [0.2, 0.25) is 0 Å². The molecule has 114 valence electrons. The fourth-order valence-corrected chi connectivity index (χ4v) is 1.71. The molecule has 0 fully saturated rings. The maximum atomic E-state index is 12.0. The van der Waals surface area contributed by atoms with Crippen molar-refractivity contribution >= 4 is 17.8 Å². The van der Waals surface area contributed by atoms with Crippen LogP contribution in [0.2, 0.25) is 0 Å². The van der Waals surface area contributed by atoms with Gasteiger partial charge in [-0.05, 0) is 32.4 Å². The largest absolute Gasteiger partial charge is 0.480 e. The van der Waals surface area contributed by atoms with Crippen LogP contribution in [0.15, 0.2) is 18.3 Å². The van der Waals surface area contributed by atoms with Gasteiger partial charge in [-0.15, -0.1) is 0 Å². The highest BCUT2D eigenvalue weighted by Crippen LogP contribution is 2.06. The second-order valence-electron chi connectivity index (χ2n) is 4.34. The number of ether oxygens (including phenoxy) is 1. The first-order valence-electron chi connectivity index (χ1n) is 6.56. The molecule has 1 aromatic heterocycles. The second kappa shape index (κ2) is 7.98. The molecule has 1 heterocycles. The number of carbonyl (C=O) groups is 3. The summed E-state index contributed by atoms with van der Waals surface area (Å²) < 4.78 is 4.73. The Kier molecular flexibility index (Phi) is 6.32. The zero-order valence-electron chi connectivity index (χ0n) is 12.0. The van der Waals surface area contributed by atoms with Crippen molar-refractivity contribution in [2.45, 2.75) is 32.7 Å². The third kappa shape index (κ3) is 5.21. The average Bonchev–Trinajstić information content (AvgIpc) is 2.43. The standard InChI is InChI=1S/C14H18N2O5/c1-3-21-12(17)7-6-11(14(19)20)16-13(18)10-5-4-8-15-9(10)2/h4-5,8,11H,3,6-7H2,1-2H3,(H,16,18)(H,19,20)/t11-/m0/s1. The quantitative estimate of drug-likeness (QED) is 0.724. The molecule has 0 radical (unpaired) electrons. The van der Waals surface area contributed by atoms with Gasteiger partial charge in [0, 0.05) is 18.3 Å². The summed E-state index contributed by atoms with van der Waals surface area (Å²) in [5.41, 5.74) is 0.810. The van der Waals surface area contributed by atoms with Crippen molar-refractivity contribution in [1.82, 2.24) is 10.3 Å². The third-order valence-electron chi connectivity index (χ3n) is 2.80. The highest BCUT2D eigenvalue weighted by Gasteiger charge is 2.22. The first-order valence-corrected chi connectivity index (χ1v) is 6.56. The topological polar surface area (TPSA) is 106 Å². The number of nitrogens with one attached hydrogen (secondary N) is 1. The van der Waals surface area contributed by atoms with Crippen LogP contribution in [-0.4, -0.2) is 40.6 Å². The van der Waals surface area contributed by atoms with Crippen LogP contribution in [0.4, 0.5) is 0 Å². The maximum absolute atomic E-state index is 12.0. The zero-order valence-corrected chi connectivity index (χ0v) is 12.0. The summed E-state index contributed by atoms with van der Waals surface area (Å²) in [6.07, 6.45) is 1.44. The number of hydrogen-bond donors (Lipinski definition) is 2. The number of aliphatic carboxylic acids is 1. The highest BCUT2D eigenvalue weighted by atomic mass is 16.5. The lowest BCUT2D eigenvalue weighted by Crippen LogP contribution is -2.41. The molecule has 2 N–H and O–H groups in total. The van der Waals surface area contributed by atoms with Crippen molar-refractivity contribution < 1.29 is 24.2 Å². The minimum Gasteiger partial charge on any atom is -0.480 e. The summed E-state index contributed by atoms with van der Waals surface area (Å²) in [6.45, 7) is 3.56. The SMILES string of the molecule is CCOC(=O)CC[C@H](NC(=O)c1cccnc1C)C(=O)O. The van der Waals surface area contributed by atoms with Crippen LogP contribution in [0.25, 0.3) is 0 Å². The number of carboxylic acids is 1. The van der Waals surface area contributed by atoms with Crippen molar-refractivity contribution in [3.05, 3.63) is 29.6 Å². The molecule has 7 heteroatoms. The number of amides is 1. The van der Waals surface area contributed by atoms with Gasteiger partial charge >= 0.3 is 11.9 Å². The van der Waals surface area contributed by atoms with Crippen LogP contribution in [0.3, 0.4) is 0 Å². The molecule has 1 rings (SSSR count). The first kappa shape index (κ1) is 16.6. The van der Waals surface area contributed by atoms with Crippen LogP contribution < -0.4 is 5.32 Å². The van der Waals surface area contributed by atoms with Crippen LogP contribution in [0, 0.1) is 6.92 Å². The van der Waals surface area contributed by atoms with E-state index in [0.717, 1.165) is 0 Å². The van der Waals surface area contributed by atoms with Crippen molar-refractivity contribution in [3.63, 3.8) is 0 Å². The predicted molar refractivity (Wildman–Crippen MR) is 73.7 cm³/mol. The third-order valence-corrected chi connectivity index (χ3v) is 2.80. The number of aryl methyl sites for hydroxylation is 1. The van der Waals surface area contributed by atoms with Gasteiger partial charge in [-0.2, -0.15) is 0 Å². The van der Waals surface area contributed by atoms with Gasteiger partial charge in [-0.1, -0.05) is 0 Å². The Morgan fingerprint density at radius 2 is 2.14 bits per heavy atom. The summed E-state index contributed by atoms with van der Waals surface area (Å²) in [5.74, 6) is -2.22. The Labute approximate surface area is 122 Å². The normalized spacial score (nSPS) is 11.5. The van der Waals surface area contributed by atoms with E-state index in [4.69, 9.17) is 9.84 Å². The second-order valence-corrected chi connectivity index (χ2v) is 4.34. The van der Waals surface area contributed by atoms with E-state index in [1.165, 1.54) is 0 Å². The van der Waals surface area contributed by atoms with Gasteiger partial charge in [0.15, 0.2) is 0 Å². The number of aromatic nitrogens is 1. The van der Waals surface area contributed by atoms with Gasteiger partial charge in [-0.25, -0.2) is 4.79 Å². The van der Waals surface area contributed by atoms with E-state index in [0.29, 0.717) is 11.3 Å². The molecule has 1 amide bonds. The van der Waals surface area contributed by atoms with Crippen LogP contribution in [0.1, 0.15) is 35.8 Å². The monoisotopic (exact) mass is 294 g/mol. The van der Waals surface area contributed by atoms with Crippen LogP contribution in [-0.2, 0) is 14.3 Å². The zero-order chi connectivity index (χ0) is 15.8. The lowest BCUT2D eigenvalue weighted by atomic mass is 10.1. The van der Waals surface area contributed by atoms with Gasteiger partial charge in [0.1, 0.15) is 6.04 Å². The summed E-state index contributed by atoms with van der Waals surface area (Å²) in [4.78, 5) is 38.4.